The van der Waals surface area contributed by atoms with Gasteiger partial charge in [-0.15, -0.1) is 11.6 Å². The van der Waals surface area contributed by atoms with Crippen molar-refractivity contribution in [3.63, 3.8) is 0 Å². The van der Waals surface area contributed by atoms with Crippen LogP contribution in [0, 0.1) is 0 Å². The first kappa shape index (κ1) is 13.2. The largest absolute Gasteiger partial charge is 0.363 e. The van der Waals surface area contributed by atoms with Crippen LogP contribution >= 0.6 is 11.6 Å². The fraction of sp³-hybridized carbons (Fsp3) is 0.667. The van der Waals surface area contributed by atoms with Crippen molar-refractivity contribution in [2.45, 2.75) is 45.6 Å². The van der Waals surface area contributed by atoms with Crippen LogP contribution < -0.4 is 5.32 Å². The number of alkyl halides is 1. The Kier molecular flexibility index (Phi) is 5.00. The molecule has 0 aliphatic rings. The van der Waals surface area contributed by atoms with Crippen LogP contribution in [0.1, 0.15) is 39.3 Å². The van der Waals surface area contributed by atoms with Crippen molar-refractivity contribution in [1.82, 2.24) is 9.97 Å². The summed E-state index contributed by atoms with van der Waals surface area (Å²) in [5.41, 5.74) is 0.995. The quantitative estimate of drug-likeness (QED) is 0.777. The van der Waals surface area contributed by atoms with Crippen molar-refractivity contribution < 1.29 is 0 Å². The molecule has 0 aromatic carbocycles. The van der Waals surface area contributed by atoms with E-state index in [0.29, 0.717) is 5.88 Å². The summed E-state index contributed by atoms with van der Waals surface area (Å²) in [6, 6.07) is 1.99. The highest BCUT2D eigenvalue weighted by molar-refractivity contribution is 6.18. The Morgan fingerprint density at radius 2 is 1.94 bits per heavy atom. The van der Waals surface area contributed by atoms with E-state index in [-0.39, 0.29) is 5.54 Å². The third-order valence-electron chi connectivity index (χ3n) is 3.09. The molecule has 0 unspecified atom stereocenters. The van der Waals surface area contributed by atoms with Gasteiger partial charge in [0.25, 0.3) is 0 Å². The molecule has 1 aromatic rings. The highest BCUT2D eigenvalue weighted by atomic mass is 35.5. The van der Waals surface area contributed by atoms with E-state index < -0.39 is 0 Å². The number of hydrogen-bond donors (Lipinski definition) is 1. The Morgan fingerprint density at radius 1 is 1.25 bits per heavy atom. The molecule has 1 heterocycles. The number of hydrogen-bond acceptors (Lipinski definition) is 3. The van der Waals surface area contributed by atoms with Gasteiger partial charge in [-0.05, 0) is 19.3 Å². The van der Waals surface area contributed by atoms with Gasteiger partial charge in [0, 0.05) is 17.6 Å². The van der Waals surface area contributed by atoms with Crippen molar-refractivity contribution in [1.29, 1.82) is 0 Å². The smallest absolute Gasteiger partial charge is 0.130 e. The van der Waals surface area contributed by atoms with Gasteiger partial charge in [0.1, 0.15) is 12.1 Å². The summed E-state index contributed by atoms with van der Waals surface area (Å²) < 4.78 is 0. The molecule has 4 heteroatoms. The molecule has 0 amide bonds. The van der Waals surface area contributed by atoms with E-state index in [2.05, 4.69) is 36.1 Å². The summed E-state index contributed by atoms with van der Waals surface area (Å²) in [5.74, 6) is 1.46. The SMILES string of the molecule is CCc1cc(NC(CC)(CC)CCl)ncn1. The average molecular weight is 242 g/mol. The number of nitrogens with zero attached hydrogens (tertiary/aromatic N) is 2. The third kappa shape index (κ3) is 3.08. The van der Waals surface area contributed by atoms with Gasteiger partial charge in [0.05, 0.1) is 5.54 Å². The zero-order valence-electron chi connectivity index (χ0n) is 10.3. The van der Waals surface area contributed by atoms with Crippen LogP contribution in [0.3, 0.4) is 0 Å². The maximum absolute atomic E-state index is 6.04. The normalized spacial score (nSPS) is 11.5. The summed E-state index contributed by atoms with van der Waals surface area (Å²) in [6.45, 7) is 6.36. The van der Waals surface area contributed by atoms with Crippen LogP contribution in [-0.2, 0) is 6.42 Å². The lowest BCUT2D eigenvalue weighted by Gasteiger charge is -2.31. The van der Waals surface area contributed by atoms with E-state index in [1.54, 1.807) is 6.33 Å². The van der Waals surface area contributed by atoms with Crippen molar-refractivity contribution in [3.8, 4) is 0 Å². The molecule has 1 rings (SSSR count). The van der Waals surface area contributed by atoms with Crippen molar-refractivity contribution in [2.75, 3.05) is 11.2 Å². The number of rotatable bonds is 6. The molecule has 3 nitrogen and oxygen atoms in total. The van der Waals surface area contributed by atoms with E-state index in [9.17, 15) is 0 Å². The fourth-order valence-electron chi connectivity index (χ4n) is 1.58. The third-order valence-corrected chi connectivity index (χ3v) is 3.60. The second kappa shape index (κ2) is 6.04. The molecule has 16 heavy (non-hydrogen) atoms. The molecule has 0 saturated heterocycles. The van der Waals surface area contributed by atoms with E-state index >= 15 is 0 Å². The van der Waals surface area contributed by atoms with Crippen LogP contribution in [0.15, 0.2) is 12.4 Å². The predicted octanol–water partition coefficient (Wildman–Crippen LogP) is 3.25. The fourth-order valence-corrected chi connectivity index (χ4v) is 2.02. The lowest BCUT2D eigenvalue weighted by molar-refractivity contribution is 0.482. The number of aryl methyl sites for hydroxylation is 1. The highest BCUT2D eigenvalue weighted by Gasteiger charge is 2.25. The number of halogens is 1. The summed E-state index contributed by atoms with van der Waals surface area (Å²) in [4.78, 5) is 8.42. The van der Waals surface area contributed by atoms with Gasteiger partial charge in [0.15, 0.2) is 0 Å². The molecule has 0 saturated carbocycles. The lowest BCUT2D eigenvalue weighted by atomic mass is 9.95. The Morgan fingerprint density at radius 3 is 2.44 bits per heavy atom. The Hall–Kier alpha value is -0.830. The number of anilines is 1. The zero-order valence-corrected chi connectivity index (χ0v) is 11.0. The maximum Gasteiger partial charge on any atom is 0.130 e. The Labute approximate surface area is 103 Å². The molecule has 1 aromatic heterocycles. The van der Waals surface area contributed by atoms with E-state index in [1.807, 2.05) is 6.07 Å². The van der Waals surface area contributed by atoms with Crippen LogP contribution in [0.2, 0.25) is 0 Å². The molecule has 0 aliphatic carbocycles. The molecule has 0 radical (unpaired) electrons. The van der Waals surface area contributed by atoms with E-state index in [1.165, 1.54) is 0 Å². The molecule has 90 valence electrons. The number of nitrogens with one attached hydrogen (secondary N) is 1. The van der Waals surface area contributed by atoms with Gasteiger partial charge in [0.2, 0.25) is 0 Å². The van der Waals surface area contributed by atoms with E-state index in [0.717, 1.165) is 30.8 Å². The lowest BCUT2D eigenvalue weighted by Crippen LogP contribution is -2.39. The van der Waals surface area contributed by atoms with E-state index in [4.69, 9.17) is 11.6 Å². The molecule has 0 atom stereocenters. The minimum atomic E-state index is -0.0546. The molecular weight excluding hydrogens is 222 g/mol. The monoisotopic (exact) mass is 241 g/mol. The minimum absolute atomic E-state index is 0.0546. The van der Waals surface area contributed by atoms with Gasteiger partial charge in [-0.3, -0.25) is 0 Å². The summed E-state index contributed by atoms with van der Waals surface area (Å²) >= 11 is 6.04. The molecule has 0 fully saturated rings. The highest BCUT2D eigenvalue weighted by Crippen LogP contribution is 2.22. The van der Waals surface area contributed by atoms with Crippen LogP contribution in [0.4, 0.5) is 5.82 Å². The molecule has 0 bridgehead atoms. The van der Waals surface area contributed by atoms with Crippen molar-refractivity contribution >= 4 is 17.4 Å². The standard InChI is InChI=1S/C12H20ClN3/c1-4-10-7-11(15-9-14-10)16-12(5-2,6-3)8-13/h7,9H,4-6,8H2,1-3H3,(H,14,15,16). The van der Waals surface area contributed by atoms with Crippen LogP contribution in [0.5, 0.6) is 0 Å². The average Bonchev–Trinajstić information content (AvgIpc) is 2.36. The summed E-state index contributed by atoms with van der Waals surface area (Å²) in [5, 5.41) is 3.43. The zero-order chi connectivity index (χ0) is 12.0. The van der Waals surface area contributed by atoms with Gasteiger partial charge in [-0.2, -0.15) is 0 Å². The first-order chi connectivity index (χ1) is 7.69. The summed E-state index contributed by atoms with van der Waals surface area (Å²) in [6.07, 6.45) is 4.49. The minimum Gasteiger partial charge on any atom is -0.363 e. The first-order valence-electron chi connectivity index (χ1n) is 5.84. The first-order valence-corrected chi connectivity index (χ1v) is 6.38. The predicted molar refractivity (Wildman–Crippen MR) is 69.1 cm³/mol. The Bertz CT molecular complexity index is 316. The van der Waals surface area contributed by atoms with Crippen molar-refractivity contribution in [3.05, 3.63) is 18.1 Å². The van der Waals surface area contributed by atoms with Crippen LogP contribution in [-0.4, -0.2) is 21.4 Å². The topological polar surface area (TPSA) is 37.8 Å². The van der Waals surface area contributed by atoms with Gasteiger partial charge in [-0.1, -0.05) is 20.8 Å². The van der Waals surface area contributed by atoms with Gasteiger partial charge < -0.3 is 5.32 Å². The molecular formula is C12H20ClN3. The second-order valence-corrected chi connectivity index (χ2v) is 4.26. The Balaban J connectivity index is 2.84. The van der Waals surface area contributed by atoms with Crippen molar-refractivity contribution in [2.24, 2.45) is 0 Å². The van der Waals surface area contributed by atoms with Gasteiger partial charge in [-0.25, -0.2) is 9.97 Å². The number of aromatic nitrogens is 2. The van der Waals surface area contributed by atoms with Gasteiger partial charge >= 0.3 is 0 Å². The molecule has 1 N–H and O–H groups in total. The molecule has 0 spiro atoms. The molecule has 0 aliphatic heterocycles. The van der Waals surface area contributed by atoms with Crippen LogP contribution in [0.25, 0.3) is 0 Å². The second-order valence-electron chi connectivity index (χ2n) is 3.99. The summed E-state index contributed by atoms with van der Waals surface area (Å²) in [7, 11) is 0. The maximum atomic E-state index is 6.04.